The van der Waals surface area contributed by atoms with Crippen LogP contribution in [-0.4, -0.2) is 35.9 Å². The molecule has 0 saturated carbocycles. The van der Waals surface area contributed by atoms with Crippen LogP contribution < -0.4 is 10.6 Å². The molecule has 0 aliphatic carbocycles. The Bertz CT molecular complexity index is 515. The van der Waals surface area contributed by atoms with Crippen molar-refractivity contribution < 1.29 is 19.4 Å². The van der Waals surface area contributed by atoms with Gasteiger partial charge in [-0.15, -0.1) is 0 Å². The number of urea groups is 1. The zero-order valence-electron chi connectivity index (χ0n) is 10.7. The summed E-state index contributed by atoms with van der Waals surface area (Å²) >= 11 is 3.31. The predicted molar refractivity (Wildman–Crippen MR) is 76.7 cm³/mol. The van der Waals surface area contributed by atoms with Crippen LogP contribution in [0.3, 0.4) is 0 Å². The number of carbonyl (C=O) groups is 2. The lowest BCUT2D eigenvalue weighted by molar-refractivity contribution is -0.148. The summed E-state index contributed by atoms with van der Waals surface area (Å²) in [6, 6.07) is 6.57. The summed E-state index contributed by atoms with van der Waals surface area (Å²) < 4.78 is 5.88. The Balaban J connectivity index is 2.06. The van der Waals surface area contributed by atoms with Gasteiger partial charge in [-0.2, -0.15) is 0 Å². The molecule has 1 aromatic rings. The van der Waals surface area contributed by atoms with E-state index in [0.29, 0.717) is 18.9 Å². The van der Waals surface area contributed by atoms with Crippen LogP contribution in [0.1, 0.15) is 12.8 Å². The first kappa shape index (κ1) is 14.8. The molecular formula is C13H15BrN2O4. The number of carbonyl (C=O) groups excluding carboxylic acids is 1. The second-order valence-corrected chi connectivity index (χ2v) is 5.41. The molecule has 1 heterocycles. The summed E-state index contributed by atoms with van der Waals surface area (Å²) in [5, 5.41) is 14.5. The van der Waals surface area contributed by atoms with Crippen LogP contribution in [0.15, 0.2) is 28.7 Å². The fourth-order valence-corrected chi connectivity index (χ4v) is 2.43. The van der Waals surface area contributed by atoms with E-state index in [1.165, 1.54) is 0 Å². The molecule has 2 rings (SSSR count). The molecule has 6 nitrogen and oxygen atoms in total. The second-order valence-electron chi connectivity index (χ2n) is 4.56. The fourth-order valence-electron chi connectivity index (χ4n) is 2.05. The highest BCUT2D eigenvalue weighted by molar-refractivity contribution is 9.10. The van der Waals surface area contributed by atoms with Crippen LogP contribution in [0.2, 0.25) is 0 Å². The molecule has 20 heavy (non-hydrogen) atoms. The van der Waals surface area contributed by atoms with Crippen molar-refractivity contribution in [2.24, 2.45) is 0 Å². The molecule has 1 aromatic carbocycles. The van der Waals surface area contributed by atoms with Crippen molar-refractivity contribution in [2.75, 3.05) is 18.5 Å². The zero-order valence-corrected chi connectivity index (χ0v) is 12.3. The number of carboxylic acid groups (broad SMARTS) is 1. The molecule has 1 fully saturated rings. The first-order valence-electron chi connectivity index (χ1n) is 6.18. The molecule has 0 atom stereocenters. The van der Waals surface area contributed by atoms with Gasteiger partial charge < -0.3 is 20.5 Å². The van der Waals surface area contributed by atoms with Gasteiger partial charge >= 0.3 is 12.0 Å². The van der Waals surface area contributed by atoms with Crippen molar-refractivity contribution >= 4 is 33.6 Å². The van der Waals surface area contributed by atoms with E-state index in [2.05, 4.69) is 26.6 Å². The summed E-state index contributed by atoms with van der Waals surface area (Å²) in [7, 11) is 0. The first-order valence-corrected chi connectivity index (χ1v) is 6.98. The number of para-hydroxylation sites is 1. The fraction of sp³-hybridized carbons (Fsp3) is 0.385. The third kappa shape index (κ3) is 3.29. The number of hydrogen-bond acceptors (Lipinski definition) is 3. The van der Waals surface area contributed by atoms with E-state index in [0.717, 1.165) is 4.47 Å². The molecule has 0 radical (unpaired) electrons. The average Bonchev–Trinajstić information content (AvgIpc) is 2.42. The summed E-state index contributed by atoms with van der Waals surface area (Å²) in [5.41, 5.74) is -0.679. The van der Waals surface area contributed by atoms with E-state index in [9.17, 15) is 14.7 Å². The highest BCUT2D eigenvalue weighted by atomic mass is 79.9. The van der Waals surface area contributed by atoms with Gasteiger partial charge in [0.05, 0.1) is 5.69 Å². The Morgan fingerprint density at radius 3 is 2.50 bits per heavy atom. The van der Waals surface area contributed by atoms with Crippen molar-refractivity contribution in [1.82, 2.24) is 5.32 Å². The highest BCUT2D eigenvalue weighted by Crippen LogP contribution is 2.23. The van der Waals surface area contributed by atoms with Gasteiger partial charge in [0.15, 0.2) is 0 Å². The Hall–Kier alpha value is -1.60. The maximum absolute atomic E-state index is 12.0. The van der Waals surface area contributed by atoms with Gasteiger partial charge in [-0.05, 0) is 28.1 Å². The van der Waals surface area contributed by atoms with Gasteiger partial charge in [-0.3, -0.25) is 0 Å². The number of benzene rings is 1. The van der Waals surface area contributed by atoms with E-state index >= 15 is 0 Å². The minimum absolute atomic E-state index is 0.256. The van der Waals surface area contributed by atoms with Crippen molar-refractivity contribution in [3.8, 4) is 0 Å². The first-order chi connectivity index (χ1) is 9.53. The lowest BCUT2D eigenvalue weighted by Crippen LogP contribution is -2.58. The van der Waals surface area contributed by atoms with Gasteiger partial charge in [-0.1, -0.05) is 12.1 Å². The maximum atomic E-state index is 12.0. The molecule has 0 unspecified atom stereocenters. The summed E-state index contributed by atoms with van der Waals surface area (Å²) in [4.78, 5) is 23.4. The maximum Gasteiger partial charge on any atom is 0.329 e. The lowest BCUT2D eigenvalue weighted by atomic mass is 9.90. The largest absolute Gasteiger partial charge is 0.480 e. The van der Waals surface area contributed by atoms with Crippen molar-refractivity contribution in [1.29, 1.82) is 0 Å². The lowest BCUT2D eigenvalue weighted by Gasteiger charge is -2.33. The standard InChI is InChI=1S/C13H15BrN2O4/c14-9-3-1-2-4-10(9)15-12(19)16-13(11(17)18)5-7-20-8-6-13/h1-4H,5-8H2,(H,17,18)(H2,15,16,19). The molecule has 0 bridgehead atoms. The summed E-state index contributed by atoms with van der Waals surface area (Å²) in [5.74, 6) is -1.04. The van der Waals surface area contributed by atoms with E-state index in [4.69, 9.17) is 4.74 Å². The number of ether oxygens (including phenoxy) is 1. The number of halogens is 1. The van der Waals surface area contributed by atoms with Crippen LogP contribution in [0.4, 0.5) is 10.5 Å². The second kappa shape index (κ2) is 6.23. The van der Waals surface area contributed by atoms with E-state index in [-0.39, 0.29) is 12.8 Å². The average molecular weight is 343 g/mol. The smallest absolute Gasteiger partial charge is 0.329 e. The molecule has 7 heteroatoms. The van der Waals surface area contributed by atoms with Crippen LogP contribution in [0, 0.1) is 0 Å². The summed E-state index contributed by atoms with van der Waals surface area (Å²) in [6.45, 7) is 0.642. The highest BCUT2D eigenvalue weighted by Gasteiger charge is 2.41. The minimum Gasteiger partial charge on any atom is -0.480 e. The number of carboxylic acids is 1. The zero-order chi connectivity index (χ0) is 14.6. The van der Waals surface area contributed by atoms with Gasteiger partial charge in [-0.25, -0.2) is 9.59 Å². The number of hydrogen-bond donors (Lipinski definition) is 3. The van der Waals surface area contributed by atoms with E-state index < -0.39 is 17.5 Å². The monoisotopic (exact) mass is 342 g/mol. The van der Waals surface area contributed by atoms with Crippen molar-refractivity contribution in [3.63, 3.8) is 0 Å². The van der Waals surface area contributed by atoms with Gasteiger partial charge in [0.25, 0.3) is 0 Å². The molecule has 1 aliphatic rings. The van der Waals surface area contributed by atoms with Gasteiger partial charge in [0, 0.05) is 30.5 Å². The quantitative estimate of drug-likeness (QED) is 0.785. The number of nitrogens with one attached hydrogen (secondary N) is 2. The van der Waals surface area contributed by atoms with Crippen LogP contribution in [0.25, 0.3) is 0 Å². The van der Waals surface area contributed by atoms with Gasteiger partial charge in [0.1, 0.15) is 5.54 Å². The molecular weight excluding hydrogens is 328 g/mol. The van der Waals surface area contributed by atoms with Crippen molar-refractivity contribution in [3.05, 3.63) is 28.7 Å². The van der Waals surface area contributed by atoms with E-state index in [1.54, 1.807) is 18.2 Å². The number of amides is 2. The van der Waals surface area contributed by atoms with E-state index in [1.807, 2.05) is 6.07 Å². The van der Waals surface area contributed by atoms with Crippen LogP contribution in [-0.2, 0) is 9.53 Å². The predicted octanol–water partition coefficient (Wildman–Crippen LogP) is 2.20. The topological polar surface area (TPSA) is 87.7 Å². The Morgan fingerprint density at radius 1 is 1.25 bits per heavy atom. The third-order valence-corrected chi connectivity index (χ3v) is 3.92. The molecule has 0 aromatic heterocycles. The molecule has 1 aliphatic heterocycles. The Labute approximate surface area is 124 Å². The molecule has 0 spiro atoms. The molecule has 108 valence electrons. The SMILES string of the molecule is O=C(Nc1ccccc1Br)NC1(C(=O)O)CCOCC1. The van der Waals surface area contributed by atoms with Crippen molar-refractivity contribution in [2.45, 2.75) is 18.4 Å². The minimum atomic E-state index is -1.26. The van der Waals surface area contributed by atoms with Gasteiger partial charge in [0.2, 0.25) is 0 Å². The van der Waals surface area contributed by atoms with Crippen LogP contribution >= 0.6 is 15.9 Å². The number of anilines is 1. The molecule has 2 amide bonds. The Morgan fingerprint density at radius 2 is 1.90 bits per heavy atom. The van der Waals surface area contributed by atoms with Crippen LogP contribution in [0.5, 0.6) is 0 Å². The molecule has 3 N–H and O–H groups in total. The number of aliphatic carboxylic acids is 1. The third-order valence-electron chi connectivity index (χ3n) is 3.23. The normalized spacial score (nSPS) is 17.2. The Kier molecular flexibility index (Phi) is 4.61. The summed E-state index contributed by atoms with van der Waals surface area (Å²) in [6.07, 6.45) is 0.511. The molecule has 1 saturated heterocycles. The number of rotatable bonds is 3.